The maximum atomic E-state index is 10.8. The summed E-state index contributed by atoms with van der Waals surface area (Å²) in [4.78, 5) is 10.8. The molecule has 1 aromatic carbocycles. The smallest absolute Gasteiger partial charge is 0.315 e. The highest BCUT2D eigenvalue weighted by Gasteiger charge is 2.20. The van der Waals surface area contributed by atoms with Gasteiger partial charge in [0.25, 0.3) is 5.89 Å². The van der Waals surface area contributed by atoms with E-state index in [0.717, 1.165) is 5.56 Å². The van der Waals surface area contributed by atoms with Crippen molar-refractivity contribution in [3.05, 3.63) is 41.6 Å². The number of carbonyl (C=O) groups is 1. The van der Waals surface area contributed by atoms with E-state index in [9.17, 15) is 4.79 Å². The molecule has 0 amide bonds. The van der Waals surface area contributed by atoms with Gasteiger partial charge in [-0.3, -0.25) is 4.79 Å². The Kier molecular flexibility index (Phi) is 3.79. The molecule has 1 atom stereocenters. The van der Waals surface area contributed by atoms with Crippen LogP contribution in [-0.2, 0) is 11.4 Å². The van der Waals surface area contributed by atoms with E-state index in [4.69, 9.17) is 14.3 Å². The second kappa shape index (κ2) is 5.51. The molecule has 0 saturated heterocycles. The number of rotatable bonds is 5. The largest absolute Gasteiger partial charge is 0.484 e. The highest BCUT2D eigenvalue weighted by Crippen LogP contribution is 2.16. The molecule has 0 fully saturated rings. The van der Waals surface area contributed by atoms with E-state index in [-0.39, 0.29) is 18.4 Å². The molecule has 0 bridgehead atoms. The molecule has 6 heteroatoms. The van der Waals surface area contributed by atoms with Crippen LogP contribution in [0.25, 0.3) is 0 Å². The van der Waals surface area contributed by atoms with Crippen molar-refractivity contribution in [3.63, 3.8) is 0 Å². The summed E-state index contributed by atoms with van der Waals surface area (Å²) in [6, 6.07) is 7.54. The zero-order valence-corrected chi connectivity index (χ0v) is 10.7. The summed E-state index contributed by atoms with van der Waals surface area (Å²) in [6.45, 7) is 3.59. The summed E-state index contributed by atoms with van der Waals surface area (Å²) in [5.41, 5.74) is 1.14. The van der Waals surface area contributed by atoms with Crippen molar-refractivity contribution in [1.29, 1.82) is 0 Å². The first-order chi connectivity index (χ1) is 9.06. The molecule has 2 aromatic rings. The van der Waals surface area contributed by atoms with Gasteiger partial charge in [-0.25, -0.2) is 0 Å². The number of hydrogen-bond donors (Lipinski definition) is 1. The minimum Gasteiger partial charge on any atom is -0.484 e. The summed E-state index contributed by atoms with van der Waals surface area (Å²) in [5, 5.41) is 16.3. The normalized spacial score (nSPS) is 12.1. The van der Waals surface area contributed by atoms with Crippen molar-refractivity contribution >= 4 is 5.97 Å². The van der Waals surface area contributed by atoms with E-state index in [1.54, 1.807) is 0 Å². The van der Waals surface area contributed by atoms with Gasteiger partial charge in [-0.15, -0.1) is 10.2 Å². The molecule has 19 heavy (non-hydrogen) atoms. The SMILES string of the molecule is Cc1ccc(OCc2nnc(C(C)C(=O)O)o2)cc1. The third-order valence-corrected chi connectivity index (χ3v) is 2.61. The van der Waals surface area contributed by atoms with Gasteiger partial charge < -0.3 is 14.3 Å². The standard InChI is InChI=1S/C13H14N2O4/c1-8-3-5-10(6-4-8)18-7-11-14-15-12(19-11)9(2)13(16)17/h3-6,9H,7H2,1-2H3,(H,16,17). The van der Waals surface area contributed by atoms with Crippen LogP contribution in [-0.4, -0.2) is 21.3 Å². The molecule has 0 spiro atoms. The van der Waals surface area contributed by atoms with E-state index in [1.165, 1.54) is 6.92 Å². The van der Waals surface area contributed by atoms with Crippen molar-refractivity contribution in [3.8, 4) is 5.75 Å². The Morgan fingerprint density at radius 2 is 2.05 bits per heavy atom. The van der Waals surface area contributed by atoms with Gasteiger partial charge in [-0.1, -0.05) is 17.7 Å². The average Bonchev–Trinajstić information content (AvgIpc) is 2.86. The van der Waals surface area contributed by atoms with E-state index in [1.807, 2.05) is 31.2 Å². The van der Waals surface area contributed by atoms with E-state index >= 15 is 0 Å². The number of hydrogen-bond acceptors (Lipinski definition) is 5. The number of aliphatic carboxylic acids is 1. The van der Waals surface area contributed by atoms with Crippen LogP contribution in [0.5, 0.6) is 5.75 Å². The lowest BCUT2D eigenvalue weighted by molar-refractivity contribution is -0.138. The van der Waals surface area contributed by atoms with Crippen molar-refractivity contribution in [1.82, 2.24) is 10.2 Å². The highest BCUT2D eigenvalue weighted by molar-refractivity contribution is 5.73. The highest BCUT2D eigenvalue weighted by atomic mass is 16.5. The molecule has 0 radical (unpaired) electrons. The van der Waals surface area contributed by atoms with Gasteiger partial charge >= 0.3 is 5.97 Å². The Labute approximate surface area is 110 Å². The molecule has 0 aliphatic rings. The molecule has 1 unspecified atom stereocenters. The van der Waals surface area contributed by atoms with Crippen LogP contribution in [0.15, 0.2) is 28.7 Å². The summed E-state index contributed by atoms with van der Waals surface area (Å²) >= 11 is 0. The summed E-state index contributed by atoms with van der Waals surface area (Å²) < 4.78 is 10.7. The van der Waals surface area contributed by atoms with Crippen LogP contribution < -0.4 is 4.74 Å². The average molecular weight is 262 g/mol. The molecular weight excluding hydrogens is 248 g/mol. The molecular formula is C13H14N2O4. The predicted octanol–water partition coefficient (Wildman–Crippen LogP) is 2.15. The molecule has 100 valence electrons. The second-order valence-corrected chi connectivity index (χ2v) is 4.20. The van der Waals surface area contributed by atoms with Gasteiger partial charge in [0.05, 0.1) is 0 Å². The molecule has 2 rings (SSSR count). The Bertz CT molecular complexity index is 562. The van der Waals surface area contributed by atoms with E-state index in [2.05, 4.69) is 10.2 Å². The lowest BCUT2D eigenvalue weighted by Crippen LogP contribution is -2.07. The maximum absolute atomic E-state index is 10.8. The monoisotopic (exact) mass is 262 g/mol. The molecule has 6 nitrogen and oxygen atoms in total. The fraction of sp³-hybridized carbons (Fsp3) is 0.308. The van der Waals surface area contributed by atoms with E-state index in [0.29, 0.717) is 5.75 Å². The van der Waals surface area contributed by atoms with Gasteiger partial charge in [-0.05, 0) is 26.0 Å². The lowest BCUT2D eigenvalue weighted by atomic mass is 10.2. The first-order valence-corrected chi connectivity index (χ1v) is 5.81. The Morgan fingerprint density at radius 1 is 1.37 bits per heavy atom. The Morgan fingerprint density at radius 3 is 2.68 bits per heavy atom. The van der Waals surface area contributed by atoms with Gasteiger partial charge in [0, 0.05) is 0 Å². The Hall–Kier alpha value is -2.37. The number of aromatic nitrogens is 2. The molecule has 0 aliphatic carbocycles. The zero-order chi connectivity index (χ0) is 13.8. The summed E-state index contributed by atoms with van der Waals surface area (Å²) in [6.07, 6.45) is 0. The third-order valence-electron chi connectivity index (χ3n) is 2.61. The van der Waals surface area contributed by atoms with Crippen LogP contribution in [0.1, 0.15) is 30.2 Å². The predicted molar refractivity (Wildman–Crippen MR) is 65.9 cm³/mol. The summed E-state index contributed by atoms with van der Waals surface area (Å²) in [5.74, 6) is -0.800. The van der Waals surface area contributed by atoms with Crippen LogP contribution in [0.3, 0.4) is 0 Å². The quantitative estimate of drug-likeness (QED) is 0.888. The van der Waals surface area contributed by atoms with Crippen molar-refractivity contribution in [2.75, 3.05) is 0 Å². The first-order valence-electron chi connectivity index (χ1n) is 5.81. The maximum Gasteiger partial charge on any atom is 0.315 e. The fourth-order valence-electron chi connectivity index (χ4n) is 1.39. The van der Waals surface area contributed by atoms with E-state index < -0.39 is 11.9 Å². The van der Waals surface area contributed by atoms with Gasteiger partial charge in [0.2, 0.25) is 5.89 Å². The number of carboxylic acids is 1. The molecule has 0 saturated carbocycles. The van der Waals surface area contributed by atoms with Crippen LogP contribution >= 0.6 is 0 Å². The minimum absolute atomic E-state index is 0.0787. The van der Waals surface area contributed by atoms with Crippen molar-refractivity contribution < 1.29 is 19.1 Å². The molecule has 1 heterocycles. The molecule has 0 aliphatic heterocycles. The zero-order valence-electron chi connectivity index (χ0n) is 10.7. The number of nitrogens with zero attached hydrogens (tertiary/aromatic N) is 2. The third kappa shape index (κ3) is 3.31. The minimum atomic E-state index is -1.00. The fourth-order valence-corrected chi connectivity index (χ4v) is 1.39. The van der Waals surface area contributed by atoms with Crippen molar-refractivity contribution in [2.24, 2.45) is 0 Å². The second-order valence-electron chi connectivity index (χ2n) is 4.20. The van der Waals surface area contributed by atoms with Crippen LogP contribution in [0.2, 0.25) is 0 Å². The van der Waals surface area contributed by atoms with Crippen LogP contribution in [0, 0.1) is 6.92 Å². The number of ether oxygens (including phenoxy) is 1. The van der Waals surface area contributed by atoms with Gasteiger partial charge in [-0.2, -0.15) is 0 Å². The van der Waals surface area contributed by atoms with Gasteiger partial charge in [0.1, 0.15) is 11.7 Å². The number of benzene rings is 1. The first kappa shape index (κ1) is 13.1. The summed E-state index contributed by atoms with van der Waals surface area (Å²) in [7, 11) is 0. The lowest BCUT2D eigenvalue weighted by Gasteiger charge is -2.03. The molecule has 1 aromatic heterocycles. The van der Waals surface area contributed by atoms with Gasteiger partial charge in [0.15, 0.2) is 6.61 Å². The number of aryl methyl sites for hydroxylation is 1. The molecule has 1 N–H and O–H groups in total. The van der Waals surface area contributed by atoms with Crippen molar-refractivity contribution in [2.45, 2.75) is 26.4 Å². The number of carboxylic acid groups (broad SMARTS) is 1. The van der Waals surface area contributed by atoms with Crippen LogP contribution in [0.4, 0.5) is 0 Å². The Balaban J connectivity index is 1.97. The topological polar surface area (TPSA) is 85.5 Å².